The van der Waals surface area contributed by atoms with Crippen LogP contribution in [0.15, 0.2) is 23.1 Å². The number of nitrogens with zero attached hydrogens (tertiary/aromatic N) is 1. The normalized spacial score (nSPS) is 9.62. The molecule has 5 nitrogen and oxygen atoms in total. The number of rotatable bonds is 2. The van der Waals surface area contributed by atoms with E-state index in [0.717, 1.165) is 4.57 Å². The Labute approximate surface area is 74.2 Å². The van der Waals surface area contributed by atoms with Crippen molar-refractivity contribution in [3.8, 4) is 5.75 Å². The van der Waals surface area contributed by atoms with Crippen LogP contribution in [0, 0.1) is 0 Å². The number of carbonyl (C=O) groups is 1. The van der Waals surface area contributed by atoms with Crippen LogP contribution < -0.4 is 5.56 Å². The Bertz CT molecular complexity index is 369. The molecular weight excluding hydrogens is 174 g/mol. The van der Waals surface area contributed by atoms with E-state index in [4.69, 9.17) is 5.11 Å². The Morgan fingerprint density at radius 1 is 1.69 bits per heavy atom. The van der Waals surface area contributed by atoms with Crippen LogP contribution in [0.1, 0.15) is 0 Å². The average Bonchev–Trinajstić information content (AvgIpc) is 2.13. The van der Waals surface area contributed by atoms with Gasteiger partial charge in [0.2, 0.25) is 0 Å². The Morgan fingerprint density at radius 3 is 3.00 bits per heavy atom. The van der Waals surface area contributed by atoms with Gasteiger partial charge in [0.05, 0.1) is 7.11 Å². The Balaban J connectivity index is 2.96. The van der Waals surface area contributed by atoms with Gasteiger partial charge in [-0.25, -0.2) is 0 Å². The molecule has 0 spiro atoms. The summed E-state index contributed by atoms with van der Waals surface area (Å²) in [6.07, 6.45) is 1.40. The van der Waals surface area contributed by atoms with Crippen molar-refractivity contribution in [3.63, 3.8) is 0 Å². The van der Waals surface area contributed by atoms with Gasteiger partial charge < -0.3 is 14.4 Å². The fraction of sp³-hybridized carbons (Fsp3) is 0.250. The number of carbonyl (C=O) groups excluding carboxylic acids is 1. The number of hydrogen-bond donors (Lipinski definition) is 1. The molecule has 0 aliphatic rings. The Kier molecular flexibility index (Phi) is 2.69. The molecule has 70 valence electrons. The van der Waals surface area contributed by atoms with Crippen molar-refractivity contribution in [3.05, 3.63) is 28.7 Å². The molecule has 0 unspecified atom stereocenters. The summed E-state index contributed by atoms with van der Waals surface area (Å²) in [5.74, 6) is -0.917. The molecule has 1 rings (SSSR count). The fourth-order valence-electron chi connectivity index (χ4n) is 0.852. The predicted octanol–water partition coefficient (Wildman–Crippen LogP) is -0.273. The number of methoxy groups -OCH3 is 1. The smallest absolute Gasteiger partial charge is 0.325 e. The minimum Gasteiger partial charge on any atom is -0.503 e. The number of aromatic nitrogens is 1. The minimum atomic E-state index is -0.604. The summed E-state index contributed by atoms with van der Waals surface area (Å²) < 4.78 is 5.44. The van der Waals surface area contributed by atoms with Crippen LogP contribution >= 0.6 is 0 Å². The lowest BCUT2D eigenvalue weighted by Crippen LogP contribution is -2.23. The maximum Gasteiger partial charge on any atom is 0.325 e. The molecule has 0 fully saturated rings. The summed E-state index contributed by atoms with van der Waals surface area (Å²) in [5.41, 5.74) is -0.604. The second kappa shape index (κ2) is 3.75. The molecule has 0 saturated carbocycles. The molecule has 0 bridgehead atoms. The molecule has 0 amide bonds. The van der Waals surface area contributed by atoms with Crippen LogP contribution in [0.4, 0.5) is 0 Å². The molecular formula is C8H9NO4. The maximum absolute atomic E-state index is 11.1. The lowest BCUT2D eigenvalue weighted by atomic mass is 10.4. The molecule has 5 heteroatoms. The van der Waals surface area contributed by atoms with E-state index in [1.54, 1.807) is 0 Å². The molecule has 0 radical (unpaired) electrons. The Hall–Kier alpha value is -1.78. The highest BCUT2D eigenvalue weighted by atomic mass is 16.5. The first kappa shape index (κ1) is 9.31. The predicted molar refractivity (Wildman–Crippen MR) is 44.4 cm³/mol. The molecule has 1 N–H and O–H groups in total. The van der Waals surface area contributed by atoms with Crippen LogP contribution in [0.5, 0.6) is 5.75 Å². The van der Waals surface area contributed by atoms with E-state index in [1.165, 1.54) is 25.4 Å². The molecule has 0 aromatic carbocycles. The number of hydrogen-bond acceptors (Lipinski definition) is 4. The van der Waals surface area contributed by atoms with Gasteiger partial charge in [-0.1, -0.05) is 0 Å². The maximum atomic E-state index is 11.1. The molecule has 1 heterocycles. The van der Waals surface area contributed by atoms with E-state index in [1.807, 2.05) is 0 Å². The van der Waals surface area contributed by atoms with Gasteiger partial charge in [0.1, 0.15) is 6.54 Å². The second-order valence-corrected chi connectivity index (χ2v) is 2.40. The summed E-state index contributed by atoms with van der Waals surface area (Å²) >= 11 is 0. The summed E-state index contributed by atoms with van der Waals surface area (Å²) in [5, 5.41) is 9.00. The first-order valence-corrected chi connectivity index (χ1v) is 3.60. The lowest BCUT2D eigenvalue weighted by Gasteiger charge is -2.03. The van der Waals surface area contributed by atoms with Crippen LogP contribution in [0.25, 0.3) is 0 Å². The van der Waals surface area contributed by atoms with Crippen LogP contribution in [-0.2, 0) is 16.1 Å². The standard InChI is InChI=1S/C8H9NO4/c1-13-7(11)5-9-4-2-3-6(10)8(9)12/h2-4,10H,5H2,1H3. The number of ether oxygens (including phenoxy) is 1. The highest BCUT2D eigenvalue weighted by Crippen LogP contribution is 1.97. The molecule has 13 heavy (non-hydrogen) atoms. The summed E-state index contributed by atoms with van der Waals surface area (Å²) in [6, 6.07) is 2.73. The van der Waals surface area contributed by atoms with Crippen molar-refractivity contribution in [1.29, 1.82) is 0 Å². The molecule has 0 aliphatic carbocycles. The highest BCUT2D eigenvalue weighted by Gasteiger charge is 2.05. The van der Waals surface area contributed by atoms with E-state index >= 15 is 0 Å². The summed E-state index contributed by atoms with van der Waals surface area (Å²) in [4.78, 5) is 21.9. The van der Waals surface area contributed by atoms with Crippen molar-refractivity contribution >= 4 is 5.97 Å². The van der Waals surface area contributed by atoms with Crippen LogP contribution in [0.3, 0.4) is 0 Å². The van der Waals surface area contributed by atoms with Crippen LogP contribution in [-0.4, -0.2) is 22.8 Å². The molecule has 0 aliphatic heterocycles. The Morgan fingerprint density at radius 2 is 2.38 bits per heavy atom. The van der Waals surface area contributed by atoms with Gasteiger partial charge in [0, 0.05) is 6.20 Å². The van der Waals surface area contributed by atoms with Crippen molar-refractivity contribution in [2.75, 3.05) is 7.11 Å². The third kappa shape index (κ3) is 2.08. The molecule has 0 atom stereocenters. The zero-order chi connectivity index (χ0) is 9.84. The third-order valence-electron chi connectivity index (χ3n) is 1.53. The van der Waals surface area contributed by atoms with Gasteiger partial charge in [0.25, 0.3) is 5.56 Å². The van der Waals surface area contributed by atoms with E-state index < -0.39 is 11.5 Å². The van der Waals surface area contributed by atoms with E-state index in [0.29, 0.717) is 0 Å². The zero-order valence-electron chi connectivity index (χ0n) is 7.06. The van der Waals surface area contributed by atoms with E-state index in [-0.39, 0.29) is 12.3 Å². The minimum absolute atomic E-state index is 0.191. The topological polar surface area (TPSA) is 68.5 Å². The zero-order valence-corrected chi connectivity index (χ0v) is 7.06. The van der Waals surface area contributed by atoms with Crippen LogP contribution in [0.2, 0.25) is 0 Å². The van der Waals surface area contributed by atoms with E-state index in [9.17, 15) is 9.59 Å². The number of aromatic hydroxyl groups is 1. The third-order valence-corrected chi connectivity index (χ3v) is 1.53. The van der Waals surface area contributed by atoms with Gasteiger partial charge in [-0.2, -0.15) is 0 Å². The highest BCUT2D eigenvalue weighted by molar-refractivity contribution is 5.68. The second-order valence-electron chi connectivity index (χ2n) is 2.40. The van der Waals surface area contributed by atoms with Crippen molar-refractivity contribution < 1.29 is 14.6 Å². The first-order valence-electron chi connectivity index (χ1n) is 3.60. The van der Waals surface area contributed by atoms with Gasteiger partial charge in [-0.3, -0.25) is 9.59 Å². The van der Waals surface area contributed by atoms with Gasteiger partial charge in [-0.15, -0.1) is 0 Å². The van der Waals surface area contributed by atoms with E-state index in [2.05, 4.69) is 4.74 Å². The average molecular weight is 183 g/mol. The number of esters is 1. The number of pyridine rings is 1. The summed E-state index contributed by atoms with van der Waals surface area (Å²) in [7, 11) is 1.23. The van der Waals surface area contributed by atoms with Gasteiger partial charge in [0.15, 0.2) is 5.75 Å². The van der Waals surface area contributed by atoms with Gasteiger partial charge >= 0.3 is 5.97 Å². The SMILES string of the molecule is COC(=O)Cn1cccc(O)c1=O. The lowest BCUT2D eigenvalue weighted by molar-refractivity contribution is -0.141. The van der Waals surface area contributed by atoms with Crippen molar-refractivity contribution in [2.24, 2.45) is 0 Å². The van der Waals surface area contributed by atoms with Crippen molar-refractivity contribution in [1.82, 2.24) is 4.57 Å². The molecule has 0 saturated heterocycles. The monoisotopic (exact) mass is 183 g/mol. The van der Waals surface area contributed by atoms with Gasteiger partial charge in [-0.05, 0) is 12.1 Å². The molecule has 1 aromatic heterocycles. The first-order chi connectivity index (χ1) is 6.15. The van der Waals surface area contributed by atoms with Crippen molar-refractivity contribution in [2.45, 2.75) is 6.54 Å². The largest absolute Gasteiger partial charge is 0.503 e. The fourth-order valence-corrected chi connectivity index (χ4v) is 0.852. The summed E-state index contributed by atoms with van der Waals surface area (Å²) in [6.45, 7) is -0.191. The quantitative estimate of drug-likeness (QED) is 0.640. The molecule has 1 aromatic rings.